The maximum atomic E-state index is 14.9. The molecule has 258 valence electrons. The number of aryl methyl sites for hydroxylation is 1. The number of nitrogens with zero attached hydrogens (tertiary/aromatic N) is 2. The summed E-state index contributed by atoms with van der Waals surface area (Å²) < 4.78 is 11.4. The molecule has 2 N–H and O–H groups in total. The van der Waals surface area contributed by atoms with Crippen LogP contribution in [0.4, 0.5) is 0 Å². The van der Waals surface area contributed by atoms with Gasteiger partial charge >= 0.3 is 0 Å². The normalized spacial score (nSPS) is 23.6. The van der Waals surface area contributed by atoms with Crippen molar-refractivity contribution in [1.82, 2.24) is 9.80 Å². The van der Waals surface area contributed by atoms with Crippen molar-refractivity contribution < 1.29 is 24.5 Å². The van der Waals surface area contributed by atoms with Gasteiger partial charge in [-0.15, -0.1) is 0 Å². The van der Waals surface area contributed by atoms with Gasteiger partial charge in [-0.05, 0) is 73.2 Å². The van der Waals surface area contributed by atoms with E-state index in [9.17, 15) is 15.0 Å². The lowest BCUT2D eigenvalue weighted by atomic mass is 9.51. The third-order valence-corrected chi connectivity index (χ3v) is 11.4. The minimum atomic E-state index is -1.72. The highest BCUT2D eigenvalue weighted by molar-refractivity contribution is 5.82. The van der Waals surface area contributed by atoms with E-state index in [1.165, 1.54) is 5.56 Å². The van der Waals surface area contributed by atoms with Gasteiger partial charge in [-0.3, -0.25) is 9.69 Å². The van der Waals surface area contributed by atoms with Crippen molar-refractivity contribution in [2.24, 2.45) is 11.8 Å². The van der Waals surface area contributed by atoms with Gasteiger partial charge in [0.15, 0.2) is 0 Å². The van der Waals surface area contributed by atoms with Crippen LogP contribution in [-0.2, 0) is 22.2 Å². The second-order valence-electron chi connectivity index (χ2n) is 13.5. The standard InChI is InChI=1S/C42H50N2O5/c1-5-43(6-2)37(24-22-30-16-10-7-11-17-30)40(46)44-28-35-36(29-44)42(47,34-26-33(48-3)23-25-38(34)49-4)39(45)27-41(35,31-18-12-8-13-19-31)32-20-14-9-15-21-32/h7-21,23,25-26,35-37,39,45,47H,5-6,22,24,27-29H2,1-4H3/t35-,36+,37?,39-,42+/m1/s1. The van der Waals surface area contributed by atoms with E-state index >= 15 is 0 Å². The molecule has 0 aromatic heterocycles. The largest absolute Gasteiger partial charge is 0.497 e. The first-order chi connectivity index (χ1) is 23.8. The summed E-state index contributed by atoms with van der Waals surface area (Å²) >= 11 is 0. The molecule has 1 amide bonds. The number of aliphatic hydroxyl groups excluding tert-OH is 1. The molecule has 2 aliphatic rings. The van der Waals surface area contributed by atoms with Gasteiger partial charge in [0.25, 0.3) is 0 Å². The molecule has 1 unspecified atom stereocenters. The first-order valence-electron chi connectivity index (χ1n) is 17.6. The number of amides is 1. The summed E-state index contributed by atoms with van der Waals surface area (Å²) in [5.74, 6) is 0.356. The Kier molecular flexibility index (Phi) is 10.4. The van der Waals surface area contributed by atoms with Gasteiger partial charge in [0.2, 0.25) is 5.91 Å². The van der Waals surface area contributed by atoms with E-state index in [1.54, 1.807) is 32.4 Å². The van der Waals surface area contributed by atoms with Gasteiger partial charge in [-0.25, -0.2) is 0 Å². The third-order valence-electron chi connectivity index (χ3n) is 11.4. The molecule has 0 spiro atoms. The quantitative estimate of drug-likeness (QED) is 0.192. The molecule has 4 aromatic carbocycles. The van der Waals surface area contributed by atoms with Crippen molar-refractivity contribution in [3.8, 4) is 11.5 Å². The van der Waals surface area contributed by atoms with Crippen LogP contribution in [0.25, 0.3) is 0 Å². The van der Waals surface area contributed by atoms with Crippen molar-refractivity contribution in [2.45, 2.75) is 56.3 Å². The number of carbonyl (C=O) groups is 1. The van der Waals surface area contributed by atoms with Gasteiger partial charge in [-0.1, -0.05) is 105 Å². The van der Waals surface area contributed by atoms with Gasteiger partial charge < -0.3 is 24.6 Å². The molecule has 1 aliphatic carbocycles. The van der Waals surface area contributed by atoms with Crippen LogP contribution in [-0.4, -0.2) is 78.5 Å². The molecular weight excluding hydrogens is 612 g/mol. The number of benzene rings is 4. The average molecular weight is 663 g/mol. The van der Waals surface area contributed by atoms with Crippen molar-refractivity contribution in [1.29, 1.82) is 0 Å². The highest BCUT2D eigenvalue weighted by atomic mass is 16.5. The molecule has 4 aromatic rings. The van der Waals surface area contributed by atoms with Crippen LogP contribution in [0.3, 0.4) is 0 Å². The molecule has 1 saturated carbocycles. The number of carbonyl (C=O) groups excluding carboxylic acids is 1. The summed E-state index contributed by atoms with van der Waals surface area (Å²) in [6.07, 6.45) is 0.557. The molecular formula is C42H50N2O5. The van der Waals surface area contributed by atoms with Gasteiger partial charge in [-0.2, -0.15) is 0 Å². The van der Waals surface area contributed by atoms with Crippen LogP contribution < -0.4 is 9.47 Å². The molecule has 49 heavy (non-hydrogen) atoms. The molecule has 7 heteroatoms. The number of rotatable bonds is 12. The monoisotopic (exact) mass is 662 g/mol. The van der Waals surface area contributed by atoms with E-state index in [-0.39, 0.29) is 24.3 Å². The van der Waals surface area contributed by atoms with Crippen molar-refractivity contribution in [3.05, 3.63) is 131 Å². The zero-order valence-corrected chi connectivity index (χ0v) is 29.2. The zero-order chi connectivity index (χ0) is 34.6. The van der Waals surface area contributed by atoms with E-state index in [2.05, 4.69) is 55.1 Å². The molecule has 5 atom stereocenters. The molecule has 0 radical (unpaired) electrons. The summed E-state index contributed by atoms with van der Waals surface area (Å²) in [6, 6.07) is 36.0. The summed E-state index contributed by atoms with van der Waals surface area (Å²) in [4.78, 5) is 19.1. The Labute approximate surface area is 291 Å². The van der Waals surface area contributed by atoms with E-state index in [1.807, 2.05) is 59.5 Å². The van der Waals surface area contributed by atoms with Crippen molar-refractivity contribution in [2.75, 3.05) is 40.4 Å². The van der Waals surface area contributed by atoms with E-state index in [0.717, 1.165) is 30.6 Å². The lowest BCUT2D eigenvalue weighted by Gasteiger charge is -2.55. The van der Waals surface area contributed by atoms with E-state index in [0.29, 0.717) is 36.6 Å². The lowest BCUT2D eigenvalue weighted by Crippen LogP contribution is -2.60. The topological polar surface area (TPSA) is 82.5 Å². The average Bonchev–Trinajstić information content (AvgIpc) is 3.62. The smallest absolute Gasteiger partial charge is 0.239 e. The second-order valence-corrected chi connectivity index (χ2v) is 13.5. The number of fused-ring (bicyclic) bond motifs is 1. The third kappa shape index (κ3) is 6.24. The zero-order valence-electron chi connectivity index (χ0n) is 29.2. The van der Waals surface area contributed by atoms with Crippen LogP contribution in [0.5, 0.6) is 11.5 Å². The highest BCUT2D eigenvalue weighted by Gasteiger charge is 2.65. The Morgan fingerprint density at radius 2 is 1.41 bits per heavy atom. The van der Waals surface area contributed by atoms with E-state index in [4.69, 9.17) is 9.47 Å². The van der Waals surface area contributed by atoms with Crippen LogP contribution in [0.15, 0.2) is 109 Å². The van der Waals surface area contributed by atoms with Crippen LogP contribution in [0.1, 0.15) is 48.9 Å². The number of hydrogen-bond acceptors (Lipinski definition) is 6. The van der Waals surface area contributed by atoms with E-state index < -0.39 is 23.0 Å². The number of likely N-dealkylation sites (tertiary alicyclic amines) is 1. The first kappa shape index (κ1) is 34.7. The van der Waals surface area contributed by atoms with Crippen LogP contribution in [0, 0.1) is 11.8 Å². The fourth-order valence-corrected chi connectivity index (χ4v) is 8.88. The van der Waals surface area contributed by atoms with Crippen molar-refractivity contribution >= 4 is 5.91 Å². The summed E-state index contributed by atoms with van der Waals surface area (Å²) in [7, 11) is 3.16. The molecule has 6 rings (SSSR count). The molecule has 1 saturated heterocycles. The fourth-order valence-electron chi connectivity index (χ4n) is 8.88. The van der Waals surface area contributed by atoms with Crippen LogP contribution >= 0.6 is 0 Å². The Bertz CT molecular complexity index is 1640. The fraction of sp³-hybridized carbons (Fsp3) is 0.405. The van der Waals surface area contributed by atoms with Gasteiger partial charge in [0, 0.05) is 30.0 Å². The van der Waals surface area contributed by atoms with Gasteiger partial charge in [0.1, 0.15) is 17.1 Å². The second kappa shape index (κ2) is 14.8. The van der Waals surface area contributed by atoms with Crippen LogP contribution in [0.2, 0.25) is 0 Å². The number of likely N-dealkylation sites (N-methyl/N-ethyl adjacent to an activating group) is 1. The Hall–Kier alpha value is -4.17. The minimum absolute atomic E-state index is 0.0681. The Morgan fingerprint density at radius 3 is 1.96 bits per heavy atom. The Balaban J connectivity index is 1.49. The lowest BCUT2D eigenvalue weighted by molar-refractivity contribution is -0.168. The van der Waals surface area contributed by atoms with Crippen molar-refractivity contribution in [3.63, 3.8) is 0 Å². The minimum Gasteiger partial charge on any atom is -0.497 e. The maximum absolute atomic E-state index is 14.9. The van der Waals surface area contributed by atoms with Gasteiger partial charge in [0.05, 0.1) is 26.4 Å². The molecule has 1 heterocycles. The number of hydrogen-bond donors (Lipinski definition) is 2. The number of aliphatic hydroxyl groups is 2. The Morgan fingerprint density at radius 1 is 0.837 bits per heavy atom. The highest BCUT2D eigenvalue weighted by Crippen LogP contribution is 2.60. The SMILES string of the molecule is CCN(CC)C(CCc1ccccc1)C(=O)N1C[C@@H]2[C@H](C1)[C@@](O)(c1cc(OC)ccc1OC)[C@H](O)CC2(c1ccccc1)c1ccccc1. The molecule has 1 aliphatic heterocycles. The number of methoxy groups -OCH3 is 2. The molecule has 2 fully saturated rings. The summed E-state index contributed by atoms with van der Waals surface area (Å²) in [6.45, 7) is 6.46. The molecule has 0 bridgehead atoms. The molecule has 7 nitrogen and oxygen atoms in total. The predicted octanol–water partition coefficient (Wildman–Crippen LogP) is 6.06. The predicted molar refractivity (Wildman–Crippen MR) is 193 cm³/mol. The summed E-state index contributed by atoms with van der Waals surface area (Å²) in [5.41, 5.74) is 1.42. The maximum Gasteiger partial charge on any atom is 0.239 e. The number of ether oxygens (including phenoxy) is 2. The first-order valence-corrected chi connectivity index (χ1v) is 17.6. The summed E-state index contributed by atoms with van der Waals surface area (Å²) in [5, 5.41) is 25.5.